The number of hydrogen-bond acceptors (Lipinski definition) is 5. The topological polar surface area (TPSA) is 68.3 Å². The Bertz CT molecular complexity index is 707. The van der Waals surface area contributed by atoms with Crippen LogP contribution in [0.2, 0.25) is 0 Å². The van der Waals surface area contributed by atoms with Crippen molar-refractivity contribution in [2.24, 2.45) is 0 Å². The molecule has 0 unspecified atom stereocenters. The van der Waals surface area contributed by atoms with Crippen molar-refractivity contribution < 1.29 is 14.3 Å². The number of nitrogens with zero attached hydrogens (tertiary/aromatic N) is 1. The van der Waals surface area contributed by atoms with Gasteiger partial charge in [0.25, 0.3) is 5.91 Å². The Morgan fingerprint density at radius 3 is 2.43 bits per heavy atom. The first kappa shape index (κ1) is 17.1. The standard InChI is InChI=1S/C17H20N2O3S/c1-10-5-7-14(8-6-10)9-18-16(20)12(3)22-17(21)15-11(2)19-13(4)23-15/h5-8,12H,9H2,1-4H3,(H,18,20)/t12-/m0/s1. The number of nitrogens with one attached hydrogen (secondary N) is 1. The molecule has 0 radical (unpaired) electrons. The van der Waals surface area contributed by atoms with Crippen LogP contribution in [0.3, 0.4) is 0 Å². The van der Waals surface area contributed by atoms with Crippen LogP contribution in [0, 0.1) is 20.8 Å². The molecule has 0 aliphatic heterocycles. The molecule has 1 heterocycles. The molecular weight excluding hydrogens is 312 g/mol. The summed E-state index contributed by atoms with van der Waals surface area (Å²) in [6.45, 7) is 7.55. The number of carbonyl (C=O) groups is 2. The van der Waals surface area contributed by atoms with Crippen molar-refractivity contribution in [2.45, 2.75) is 40.3 Å². The van der Waals surface area contributed by atoms with E-state index < -0.39 is 12.1 Å². The number of benzene rings is 1. The van der Waals surface area contributed by atoms with E-state index in [1.807, 2.05) is 38.1 Å². The van der Waals surface area contributed by atoms with Crippen molar-refractivity contribution in [3.63, 3.8) is 0 Å². The maximum Gasteiger partial charge on any atom is 0.351 e. The van der Waals surface area contributed by atoms with Crippen molar-refractivity contribution in [1.82, 2.24) is 10.3 Å². The first-order valence-corrected chi connectivity index (χ1v) is 8.16. The fourth-order valence-corrected chi connectivity index (χ4v) is 2.83. The third-order valence-corrected chi connectivity index (χ3v) is 4.38. The van der Waals surface area contributed by atoms with Crippen LogP contribution in [0.15, 0.2) is 24.3 Å². The van der Waals surface area contributed by atoms with Gasteiger partial charge in [-0.25, -0.2) is 9.78 Å². The van der Waals surface area contributed by atoms with Gasteiger partial charge in [-0.15, -0.1) is 11.3 Å². The number of amides is 1. The number of aryl methyl sites for hydroxylation is 3. The van der Waals surface area contributed by atoms with Gasteiger partial charge in [0.2, 0.25) is 0 Å². The molecule has 1 amide bonds. The van der Waals surface area contributed by atoms with Crippen molar-refractivity contribution in [1.29, 1.82) is 0 Å². The molecule has 6 heteroatoms. The molecule has 0 saturated carbocycles. The van der Waals surface area contributed by atoms with E-state index in [4.69, 9.17) is 4.74 Å². The highest BCUT2D eigenvalue weighted by atomic mass is 32.1. The van der Waals surface area contributed by atoms with E-state index in [9.17, 15) is 9.59 Å². The van der Waals surface area contributed by atoms with Crippen LogP contribution in [0.4, 0.5) is 0 Å². The number of thiazole rings is 1. The molecule has 0 aliphatic carbocycles. The van der Waals surface area contributed by atoms with Crippen LogP contribution < -0.4 is 5.32 Å². The Kier molecular flexibility index (Phi) is 5.50. The molecule has 0 aliphatic rings. The highest BCUT2D eigenvalue weighted by Crippen LogP contribution is 2.18. The van der Waals surface area contributed by atoms with E-state index >= 15 is 0 Å². The van der Waals surface area contributed by atoms with Gasteiger partial charge in [-0.05, 0) is 33.3 Å². The summed E-state index contributed by atoms with van der Waals surface area (Å²) in [7, 11) is 0. The van der Waals surface area contributed by atoms with E-state index in [1.165, 1.54) is 11.3 Å². The Hall–Kier alpha value is -2.21. The molecule has 1 atom stereocenters. The van der Waals surface area contributed by atoms with Crippen molar-refractivity contribution in [3.05, 3.63) is 51.0 Å². The zero-order valence-corrected chi connectivity index (χ0v) is 14.5. The van der Waals surface area contributed by atoms with Gasteiger partial charge in [0.1, 0.15) is 4.88 Å². The largest absolute Gasteiger partial charge is 0.448 e. The zero-order valence-electron chi connectivity index (χ0n) is 13.7. The lowest BCUT2D eigenvalue weighted by Gasteiger charge is -2.13. The summed E-state index contributed by atoms with van der Waals surface area (Å²) in [6.07, 6.45) is -0.852. The normalized spacial score (nSPS) is 11.8. The molecule has 5 nitrogen and oxygen atoms in total. The van der Waals surface area contributed by atoms with Crippen LogP contribution >= 0.6 is 11.3 Å². The minimum atomic E-state index is -0.852. The van der Waals surface area contributed by atoms with Gasteiger partial charge in [-0.2, -0.15) is 0 Å². The van der Waals surface area contributed by atoms with Gasteiger partial charge in [0.05, 0.1) is 10.7 Å². The molecule has 1 N–H and O–H groups in total. The summed E-state index contributed by atoms with van der Waals surface area (Å²) in [5.41, 5.74) is 2.79. The predicted octanol–water partition coefficient (Wildman–Crippen LogP) is 2.93. The summed E-state index contributed by atoms with van der Waals surface area (Å²) < 4.78 is 5.22. The van der Waals surface area contributed by atoms with Crippen LogP contribution in [0.5, 0.6) is 0 Å². The number of aromatic nitrogens is 1. The molecule has 122 valence electrons. The summed E-state index contributed by atoms with van der Waals surface area (Å²) >= 11 is 1.27. The molecule has 1 aromatic heterocycles. The highest BCUT2D eigenvalue weighted by molar-refractivity contribution is 7.13. The number of hydrogen-bond donors (Lipinski definition) is 1. The first-order valence-electron chi connectivity index (χ1n) is 7.35. The van der Waals surface area contributed by atoms with Gasteiger partial charge < -0.3 is 10.1 Å². The van der Waals surface area contributed by atoms with Crippen molar-refractivity contribution >= 4 is 23.2 Å². The Labute approximate surface area is 139 Å². The van der Waals surface area contributed by atoms with Crippen LogP contribution in [0.1, 0.15) is 38.4 Å². The van der Waals surface area contributed by atoms with Crippen LogP contribution in [-0.2, 0) is 16.1 Å². The minimum absolute atomic E-state index is 0.321. The van der Waals surface area contributed by atoms with E-state index in [-0.39, 0.29) is 5.91 Å². The number of rotatable bonds is 5. The van der Waals surface area contributed by atoms with E-state index in [1.54, 1.807) is 13.8 Å². The molecule has 0 fully saturated rings. The summed E-state index contributed by atoms with van der Waals surface area (Å²) in [5.74, 6) is -0.830. The highest BCUT2D eigenvalue weighted by Gasteiger charge is 2.21. The summed E-state index contributed by atoms with van der Waals surface area (Å²) in [4.78, 5) is 28.7. The maximum absolute atomic E-state index is 12.1. The molecule has 2 aromatic rings. The Morgan fingerprint density at radius 2 is 1.87 bits per heavy atom. The summed E-state index contributed by atoms with van der Waals surface area (Å²) in [6, 6.07) is 7.88. The molecule has 0 saturated heterocycles. The number of carbonyl (C=O) groups excluding carboxylic acids is 2. The van der Waals surface area contributed by atoms with Gasteiger partial charge in [0.15, 0.2) is 6.10 Å². The molecule has 2 rings (SSSR count). The third kappa shape index (κ3) is 4.63. The monoisotopic (exact) mass is 332 g/mol. The second-order valence-electron chi connectivity index (χ2n) is 5.40. The Balaban J connectivity index is 1.88. The van der Waals surface area contributed by atoms with Crippen molar-refractivity contribution in [2.75, 3.05) is 0 Å². The second-order valence-corrected chi connectivity index (χ2v) is 6.60. The van der Waals surface area contributed by atoms with Gasteiger partial charge in [0, 0.05) is 6.54 Å². The fourth-order valence-electron chi connectivity index (χ4n) is 2.03. The Morgan fingerprint density at radius 1 is 1.22 bits per heavy atom. The first-order chi connectivity index (χ1) is 10.9. The average molecular weight is 332 g/mol. The molecule has 23 heavy (non-hydrogen) atoms. The lowest BCUT2D eigenvalue weighted by Crippen LogP contribution is -2.35. The summed E-state index contributed by atoms with van der Waals surface area (Å²) in [5, 5.41) is 3.56. The van der Waals surface area contributed by atoms with E-state index in [2.05, 4.69) is 10.3 Å². The molecule has 0 spiro atoms. The van der Waals surface area contributed by atoms with Gasteiger partial charge >= 0.3 is 5.97 Å². The lowest BCUT2D eigenvalue weighted by atomic mass is 10.1. The third-order valence-electron chi connectivity index (χ3n) is 3.33. The van der Waals surface area contributed by atoms with Crippen LogP contribution in [-0.4, -0.2) is 23.0 Å². The van der Waals surface area contributed by atoms with Crippen molar-refractivity contribution in [3.8, 4) is 0 Å². The quantitative estimate of drug-likeness (QED) is 0.855. The fraction of sp³-hybridized carbons (Fsp3) is 0.353. The van der Waals surface area contributed by atoms with Crippen LogP contribution in [0.25, 0.3) is 0 Å². The molecule has 1 aromatic carbocycles. The minimum Gasteiger partial charge on any atom is -0.448 e. The van der Waals surface area contributed by atoms with E-state index in [0.29, 0.717) is 17.1 Å². The van der Waals surface area contributed by atoms with Gasteiger partial charge in [-0.3, -0.25) is 4.79 Å². The second kappa shape index (κ2) is 7.37. The average Bonchev–Trinajstić information content (AvgIpc) is 2.85. The van der Waals surface area contributed by atoms with Gasteiger partial charge in [-0.1, -0.05) is 29.8 Å². The molecular formula is C17H20N2O3S. The lowest BCUT2D eigenvalue weighted by molar-refractivity contribution is -0.129. The number of esters is 1. The zero-order chi connectivity index (χ0) is 17.0. The number of ether oxygens (including phenoxy) is 1. The maximum atomic E-state index is 12.1. The van der Waals surface area contributed by atoms with E-state index in [0.717, 1.165) is 16.1 Å². The molecule has 0 bridgehead atoms. The SMILES string of the molecule is Cc1ccc(CNC(=O)[C@H](C)OC(=O)c2sc(C)nc2C)cc1. The predicted molar refractivity (Wildman–Crippen MR) is 89.5 cm³/mol. The smallest absolute Gasteiger partial charge is 0.351 e.